The number of phosphoric ester groups is 1. The Balaban J connectivity index is 4.72. The van der Waals surface area contributed by atoms with Gasteiger partial charge in [-0.25, -0.2) is 4.57 Å². The Morgan fingerprint density at radius 1 is 0.345 bits per heavy atom. The van der Waals surface area contributed by atoms with Gasteiger partial charge in [-0.2, -0.15) is 0 Å². The van der Waals surface area contributed by atoms with Gasteiger partial charge in [-0.15, -0.1) is 0 Å². The Morgan fingerprint density at radius 3 is 0.929 bits per heavy atom. The highest BCUT2D eigenvalue weighted by molar-refractivity contribution is 7.47. The van der Waals surface area contributed by atoms with E-state index in [2.05, 4.69) is 81.5 Å². The Morgan fingerprint density at radius 2 is 0.619 bits per heavy atom. The summed E-state index contributed by atoms with van der Waals surface area (Å²) in [6, 6.07) is 0. The fraction of sp³-hybridized carbons (Fsp3) is 0.792. The van der Waals surface area contributed by atoms with E-state index < -0.39 is 57.8 Å². The fourth-order valence-corrected chi connectivity index (χ4v) is 10.7. The second-order valence-corrected chi connectivity index (χ2v) is 24.8. The number of hydrogen-bond donors (Lipinski definition) is 2. The zero-order chi connectivity index (χ0) is 61.2. The lowest BCUT2D eigenvalue weighted by Gasteiger charge is -2.21. The van der Waals surface area contributed by atoms with Gasteiger partial charge in [-0.3, -0.25) is 23.4 Å². The van der Waals surface area contributed by atoms with E-state index in [1.807, 2.05) is 12.2 Å². The average molecular weight is 1200 g/mol. The van der Waals surface area contributed by atoms with Crippen LogP contribution in [0, 0.1) is 0 Å². The van der Waals surface area contributed by atoms with Gasteiger partial charge < -0.3 is 24.2 Å². The molecule has 0 aliphatic rings. The molecule has 0 aromatic carbocycles. The van der Waals surface area contributed by atoms with Crippen molar-refractivity contribution in [3.63, 3.8) is 0 Å². The Kier molecular flexibility index (Phi) is 63.5. The molecule has 0 aliphatic carbocycles. The molecule has 0 saturated carbocycles. The monoisotopic (exact) mass is 1200 g/mol. The SMILES string of the molecule is CC/C=C\C/C=C\C/C=C\C/C=C\C/C=C\C/C=C\CCC(=O)OCC(COP(=O)(O)OCC(CO)OC(=O)CCCCCCCCCCCCCCCCCCCCC)OC(=O)CCCCCCCCCCCCCCCCCCCCC. The van der Waals surface area contributed by atoms with E-state index >= 15 is 0 Å². The van der Waals surface area contributed by atoms with Crippen LogP contribution in [-0.2, 0) is 42.2 Å². The van der Waals surface area contributed by atoms with E-state index in [9.17, 15) is 28.9 Å². The molecule has 0 rings (SSSR count). The standard InChI is InChI=1S/C72H129O11P/c1-4-7-10-13-16-19-22-25-28-31-34-37-40-43-46-49-52-55-58-61-70(74)79-65-69(83-72(76)63-60-57-54-51-48-45-42-39-36-33-30-27-24-21-18-15-12-9-6-3)67-81-84(77,78)80-66-68(64-73)82-71(75)62-59-56-53-50-47-44-41-38-35-32-29-26-23-20-17-14-11-8-5-2/h7,10,16,19,25,28,34,37,43,46,52,55,68-69,73H,4-6,8-9,11-15,17-18,20-24,26-27,29-33,35-36,38-42,44-45,47-51,53-54,56-67H2,1-3H3,(H,77,78)/b10-7-,19-16-,28-25-,37-34-,46-43-,55-52-. The Labute approximate surface area is 516 Å². The van der Waals surface area contributed by atoms with Crippen molar-refractivity contribution in [1.29, 1.82) is 0 Å². The molecule has 0 heterocycles. The van der Waals surface area contributed by atoms with E-state index in [4.69, 9.17) is 23.3 Å². The molecular formula is C72H129O11P. The fourth-order valence-electron chi connectivity index (χ4n) is 9.92. The number of carbonyl (C=O) groups excluding carboxylic acids is 3. The zero-order valence-electron chi connectivity index (χ0n) is 54.4. The molecule has 11 nitrogen and oxygen atoms in total. The van der Waals surface area contributed by atoms with Crippen LogP contribution in [0.3, 0.4) is 0 Å². The number of aliphatic hydroxyl groups excluding tert-OH is 1. The highest BCUT2D eigenvalue weighted by Crippen LogP contribution is 2.43. The summed E-state index contributed by atoms with van der Waals surface area (Å²) in [6.07, 6.45) is 77.3. The number of unbranched alkanes of at least 4 members (excludes halogenated alkanes) is 36. The van der Waals surface area contributed by atoms with Crippen LogP contribution in [0.5, 0.6) is 0 Å². The molecule has 2 N–H and O–H groups in total. The van der Waals surface area contributed by atoms with Gasteiger partial charge in [0.25, 0.3) is 0 Å². The first-order valence-corrected chi connectivity index (χ1v) is 36.3. The van der Waals surface area contributed by atoms with Crippen LogP contribution in [0.15, 0.2) is 72.9 Å². The third-order valence-corrected chi connectivity index (χ3v) is 16.1. The molecule has 0 bridgehead atoms. The molecule has 0 spiro atoms. The van der Waals surface area contributed by atoms with E-state index in [-0.39, 0.29) is 25.9 Å². The Bertz CT molecular complexity index is 1690. The van der Waals surface area contributed by atoms with Crippen LogP contribution in [0.4, 0.5) is 0 Å². The summed E-state index contributed by atoms with van der Waals surface area (Å²) in [7, 11) is -4.77. The lowest BCUT2D eigenvalue weighted by Crippen LogP contribution is -2.30. The van der Waals surface area contributed by atoms with Crippen molar-refractivity contribution < 1.29 is 52.2 Å². The van der Waals surface area contributed by atoms with Crippen LogP contribution < -0.4 is 0 Å². The van der Waals surface area contributed by atoms with Crippen molar-refractivity contribution in [2.24, 2.45) is 0 Å². The highest BCUT2D eigenvalue weighted by atomic mass is 31.2. The molecule has 3 unspecified atom stereocenters. The summed E-state index contributed by atoms with van der Waals surface area (Å²) in [4.78, 5) is 48.9. The van der Waals surface area contributed by atoms with E-state index in [1.54, 1.807) is 0 Å². The van der Waals surface area contributed by atoms with Crippen molar-refractivity contribution in [1.82, 2.24) is 0 Å². The predicted molar refractivity (Wildman–Crippen MR) is 353 cm³/mol. The zero-order valence-corrected chi connectivity index (χ0v) is 55.3. The van der Waals surface area contributed by atoms with Crippen molar-refractivity contribution in [3.05, 3.63) is 72.9 Å². The molecule has 84 heavy (non-hydrogen) atoms. The average Bonchev–Trinajstić information content (AvgIpc) is 3.55. The van der Waals surface area contributed by atoms with E-state index in [0.717, 1.165) is 77.0 Å². The highest BCUT2D eigenvalue weighted by Gasteiger charge is 2.28. The summed E-state index contributed by atoms with van der Waals surface area (Å²) in [5.74, 6) is -1.54. The van der Waals surface area contributed by atoms with Crippen LogP contribution in [0.2, 0.25) is 0 Å². The maximum atomic E-state index is 13.0. The number of aliphatic hydroxyl groups is 1. The topological polar surface area (TPSA) is 155 Å². The van der Waals surface area contributed by atoms with Crippen LogP contribution in [0.1, 0.15) is 329 Å². The molecule has 0 aromatic rings. The first-order chi connectivity index (χ1) is 41.2. The number of allylic oxidation sites excluding steroid dienone is 12. The van der Waals surface area contributed by atoms with E-state index in [0.29, 0.717) is 19.3 Å². The minimum absolute atomic E-state index is 0.103. The minimum Gasteiger partial charge on any atom is -0.462 e. The molecule has 3 atom stereocenters. The van der Waals surface area contributed by atoms with Gasteiger partial charge >= 0.3 is 25.7 Å². The number of hydrogen-bond acceptors (Lipinski definition) is 10. The molecule has 0 aromatic heterocycles. The predicted octanol–water partition coefficient (Wildman–Crippen LogP) is 21.6. The second kappa shape index (κ2) is 65.9. The summed E-state index contributed by atoms with van der Waals surface area (Å²) in [5, 5.41) is 9.88. The second-order valence-electron chi connectivity index (χ2n) is 23.3. The molecular weight excluding hydrogens is 1070 g/mol. The smallest absolute Gasteiger partial charge is 0.462 e. The first kappa shape index (κ1) is 80.9. The van der Waals surface area contributed by atoms with Crippen molar-refractivity contribution in [2.75, 3.05) is 26.4 Å². The van der Waals surface area contributed by atoms with Crippen LogP contribution in [-0.4, -0.2) is 66.5 Å². The molecule has 0 aliphatic heterocycles. The molecule has 12 heteroatoms. The maximum absolute atomic E-state index is 13.0. The van der Waals surface area contributed by atoms with Gasteiger partial charge in [-0.1, -0.05) is 325 Å². The normalized spacial score (nSPS) is 13.6. The van der Waals surface area contributed by atoms with Gasteiger partial charge in [0.05, 0.1) is 19.8 Å². The lowest BCUT2D eigenvalue weighted by atomic mass is 10.0. The Hall–Kier alpha value is -3.08. The molecule has 0 saturated heterocycles. The molecule has 0 radical (unpaired) electrons. The van der Waals surface area contributed by atoms with Crippen molar-refractivity contribution in [2.45, 2.75) is 341 Å². The summed E-state index contributed by atoms with van der Waals surface area (Å²) < 4.78 is 39.7. The quantitative estimate of drug-likeness (QED) is 0.0197. The van der Waals surface area contributed by atoms with Crippen LogP contribution >= 0.6 is 7.82 Å². The largest absolute Gasteiger partial charge is 0.472 e. The maximum Gasteiger partial charge on any atom is 0.472 e. The molecule has 0 amide bonds. The van der Waals surface area contributed by atoms with Gasteiger partial charge in [-0.05, 0) is 57.8 Å². The van der Waals surface area contributed by atoms with Gasteiger partial charge in [0.2, 0.25) is 0 Å². The van der Waals surface area contributed by atoms with Gasteiger partial charge in [0, 0.05) is 19.3 Å². The van der Waals surface area contributed by atoms with Gasteiger partial charge in [0.1, 0.15) is 12.7 Å². The third-order valence-electron chi connectivity index (χ3n) is 15.2. The number of carbonyl (C=O) groups is 3. The number of phosphoric acid groups is 1. The van der Waals surface area contributed by atoms with Crippen LogP contribution in [0.25, 0.3) is 0 Å². The number of esters is 3. The first-order valence-electron chi connectivity index (χ1n) is 34.8. The van der Waals surface area contributed by atoms with Crippen molar-refractivity contribution in [3.8, 4) is 0 Å². The van der Waals surface area contributed by atoms with E-state index in [1.165, 1.54) is 193 Å². The number of ether oxygens (including phenoxy) is 3. The number of rotatable bonds is 65. The lowest BCUT2D eigenvalue weighted by molar-refractivity contribution is -0.161. The molecule has 488 valence electrons. The van der Waals surface area contributed by atoms with Gasteiger partial charge in [0.15, 0.2) is 6.10 Å². The third kappa shape index (κ3) is 63.4. The minimum atomic E-state index is -4.77. The summed E-state index contributed by atoms with van der Waals surface area (Å²) >= 11 is 0. The summed E-state index contributed by atoms with van der Waals surface area (Å²) in [6.45, 7) is 4.53. The van der Waals surface area contributed by atoms with Crippen molar-refractivity contribution >= 4 is 25.7 Å². The summed E-state index contributed by atoms with van der Waals surface area (Å²) in [5.41, 5.74) is 0. The molecule has 0 fully saturated rings.